The lowest BCUT2D eigenvalue weighted by Crippen LogP contribution is -2.23. The first-order chi connectivity index (χ1) is 7.99. The van der Waals surface area contributed by atoms with Gasteiger partial charge in [0.15, 0.2) is 0 Å². The molecule has 0 radical (unpaired) electrons. The van der Waals surface area contributed by atoms with Gasteiger partial charge in [-0.15, -0.1) is 0 Å². The zero-order chi connectivity index (χ0) is 12.8. The molecule has 0 saturated heterocycles. The zero-order valence-electron chi connectivity index (χ0n) is 9.36. The van der Waals surface area contributed by atoms with E-state index in [0.717, 1.165) is 0 Å². The van der Waals surface area contributed by atoms with E-state index in [1.165, 1.54) is 12.3 Å². The molecular formula is C8H12FN5O5. The van der Waals surface area contributed by atoms with Crippen molar-refractivity contribution in [2.75, 3.05) is 5.73 Å². The van der Waals surface area contributed by atoms with E-state index < -0.39 is 22.8 Å². The molecule has 0 saturated carbocycles. The summed E-state index contributed by atoms with van der Waals surface area (Å²) >= 11 is 0. The van der Waals surface area contributed by atoms with Crippen molar-refractivity contribution >= 4 is 5.82 Å². The Bertz CT molecular complexity index is 663. The van der Waals surface area contributed by atoms with Gasteiger partial charge in [0.1, 0.15) is 5.82 Å². The number of nitrogens with zero attached hydrogens (tertiary/aromatic N) is 1. The summed E-state index contributed by atoms with van der Waals surface area (Å²) in [4.78, 5) is 39.9. The van der Waals surface area contributed by atoms with Gasteiger partial charge in [0.25, 0.3) is 5.56 Å². The molecule has 0 atom stereocenters. The molecule has 10 nitrogen and oxygen atoms in total. The molecular weight excluding hydrogens is 265 g/mol. The molecule has 0 aromatic carbocycles. The molecule has 9 N–H and O–H groups in total. The summed E-state index contributed by atoms with van der Waals surface area (Å²) < 4.78 is 12.0. The van der Waals surface area contributed by atoms with Crippen LogP contribution in [0.1, 0.15) is 0 Å². The molecule has 2 rings (SSSR count). The summed E-state index contributed by atoms with van der Waals surface area (Å²) in [7, 11) is 0. The van der Waals surface area contributed by atoms with Gasteiger partial charge in [-0.25, -0.2) is 9.59 Å². The van der Waals surface area contributed by atoms with E-state index >= 15 is 0 Å². The topological polar surface area (TPSA) is 200 Å². The van der Waals surface area contributed by atoms with Gasteiger partial charge >= 0.3 is 11.4 Å². The van der Waals surface area contributed by atoms with Crippen LogP contribution >= 0.6 is 0 Å². The lowest BCUT2D eigenvalue weighted by Gasteiger charge is -1.83. The molecule has 19 heavy (non-hydrogen) atoms. The minimum Gasteiger partial charge on any atom is -0.412 e. The predicted molar refractivity (Wildman–Crippen MR) is 64.1 cm³/mol. The maximum Gasteiger partial charge on any atom is 0.346 e. The number of hydrogen-bond donors (Lipinski definition) is 4. The van der Waals surface area contributed by atoms with Crippen molar-refractivity contribution in [3.63, 3.8) is 0 Å². The third-order valence-corrected chi connectivity index (χ3v) is 1.47. The van der Waals surface area contributed by atoms with Crippen molar-refractivity contribution in [3.8, 4) is 0 Å². The quantitative estimate of drug-likeness (QED) is 0.394. The SMILES string of the molecule is Nc1cc[nH]c(=O)n1.O.O.O=c1[nH]cc(F)c(=O)[nH]1. The van der Waals surface area contributed by atoms with Crippen LogP contribution in [-0.2, 0) is 0 Å². The monoisotopic (exact) mass is 277 g/mol. The van der Waals surface area contributed by atoms with E-state index in [2.05, 4.69) is 9.97 Å². The lowest BCUT2D eigenvalue weighted by molar-refractivity contribution is 0.597. The zero-order valence-corrected chi connectivity index (χ0v) is 9.36. The molecule has 0 aliphatic heterocycles. The van der Waals surface area contributed by atoms with Crippen molar-refractivity contribution in [2.45, 2.75) is 0 Å². The van der Waals surface area contributed by atoms with E-state index in [1.807, 2.05) is 4.98 Å². The number of aromatic amines is 3. The van der Waals surface area contributed by atoms with Gasteiger partial charge in [-0.2, -0.15) is 9.37 Å². The van der Waals surface area contributed by atoms with Crippen molar-refractivity contribution in [2.24, 2.45) is 0 Å². The van der Waals surface area contributed by atoms with Gasteiger partial charge in [0.2, 0.25) is 5.82 Å². The van der Waals surface area contributed by atoms with Crippen LogP contribution in [-0.4, -0.2) is 30.9 Å². The van der Waals surface area contributed by atoms with Crippen LogP contribution in [0.3, 0.4) is 0 Å². The Morgan fingerprint density at radius 1 is 1.16 bits per heavy atom. The number of H-pyrrole nitrogens is 3. The summed E-state index contributed by atoms with van der Waals surface area (Å²) in [5.41, 5.74) is 3.01. The molecule has 106 valence electrons. The Morgan fingerprint density at radius 2 is 1.79 bits per heavy atom. The molecule has 2 heterocycles. The minimum absolute atomic E-state index is 0. The highest BCUT2D eigenvalue weighted by Crippen LogP contribution is 1.82. The van der Waals surface area contributed by atoms with Crippen LogP contribution in [0.25, 0.3) is 0 Å². The van der Waals surface area contributed by atoms with Crippen molar-refractivity contribution < 1.29 is 15.3 Å². The number of nitrogens with one attached hydrogen (secondary N) is 3. The fourth-order valence-corrected chi connectivity index (χ4v) is 0.778. The lowest BCUT2D eigenvalue weighted by atomic mass is 10.6. The van der Waals surface area contributed by atoms with Crippen molar-refractivity contribution in [1.29, 1.82) is 0 Å². The fraction of sp³-hybridized carbons (Fsp3) is 0. The Balaban J connectivity index is 0. The highest BCUT2D eigenvalue weighted by atomic mass is 19.1. The van der Waals surface area contributed by atoms with Crippen molar-refractivity contribution in [3.05, 3.63) is 55.6 Å². The Labute approximate surface area is 103 Å². The molecule has 0 unspecified atom stereocenters. The van der Waals surface area contributed by atoms with Crippen LogP contribution in [0.15, 0.2) is 32.8 Å². The second kappa shape index (κ2) is 8.32. The van der Waals surface area contributed by atoms with Gasteiger partial charge in [-0.1, -0.05) is 0 Å². The summed E-state index contributed by atoms with van der Waals surface area (Å²) in [5.74, 6) is -0.747. The molecule has 0 bridgehead atoms. The van der Waals surface area contributed by atoms with Crippen LogP contribution in [0.2, 0.25) is 0 Å². The first kappa shape index (κ1) is 18.6. The van der Waals surface area contributed by atoms with Crippen LogP contribution < -0.4 is 22.7 Å². The molecule has 2 aromatic heterocycles. The summed E-state index contributed by atoms with van der Waals surface area (Å²) in [6, 6.07) is 1.52. The van der Waals surface area contributed by atoms with Crippen LogP contribution in [0.5, 0.6) is 0 Å². The molecule has 0 aliphatic carbocycles. The number of rotatable bonds is 0. The summed E-state index contributed by atoms with van der Waals surface area (Å²) in [6.07, 6.45) is 2.16. The van der Waals surface area contributed by atoms with Crippen LogP contribution in [0.4, 0.5) is 10.2 Å². The average molecular weight is 277 g/mol. The highest BCUT2D eigenvalue weighted by molar-refractivity contribution is 5.22. The second-order valence-corrected chi connectivity index (χ2v) is 2.74. The number of halogens is 1. The number of nitrogen functional groups attached to an aromatic ring is 1. The Hall–Kier alpha value is -2.79. The third-order valence-electron chi connectivity index (χ3n) is 1.47. The first-order valence-electron chi connectivity index (χ1n) is 4.28. The second-order valence-electron chi connectivity index (χ2n) is 2.74. The van der Waals surface area contributed by atoms with E-state index in [-0.39, 0.29) is 16.8 Å². The van der Waals surface area contributed by atoms with E-state index in [1.54, 1.807) is 4.98 Å². The van der Waals surface area contributed by atoms with E-state index in [0.29, 0.717) is 6.20 Å². The van der Waals surface area contributed by atoms with Gasteiger partial charge < -0.3 is 26.7 Å². The molecule has 11 heteroatoms. The van der Waals surface area contributed by atoms with Gasteiger partial charge in [0, 0.05) is 12.4 Å². The normalized spacial score (nSPS) is 8.26. The van der Waals surface area contributed by atoms with Gasteiger partial charge in [-0.05, 0) is 6.07 Å². The first-order valence-corrected chi connectivity index (χ1v) is 4.28. The highest BCUT2D eigenvalue weighted by Gasteiger charge is 1.93. The van der Waals surface area contributed by atoms with Crippen molar-refractivity contribution in [1.82, 2.24) is 19.9 Å². The molecule has 0 aliphatic rings. The Kier molecular flexibility index (Phi) is 8.14. The van der Waals surface area contributed by atoms with E-state index in [9.17, 15) is 18.8 Å². The number of aromatic nitrogens is 4. The smallest absolute Gasteiger partial charge is 0.346 e. The maximum atomic E-state index is 12.0. The molecule has 2 aromatic rings. The molecule has 0 amide bonds. The fourth-order valence-electron chi connectivity index (χ4n) is 0.778. The summed E-state index contributed by atoms with van der Waals surface area (Å²) in [6.45, 7) is 0. The molecule has 0 spiro atoms. The number of hydrogen-bond acceptors (Lipinski definition) is 5. The predicted octanol–water partition coefficient (Wildman–Crippen LogP) is -3.10. The number of anilines is 1. The largest absolute Gasteiger partial charge is 0.412 e. The van der Waals surface area contributed by atoms with Gasteiger partial charge in [0.05, 0.1) is 0 Å². The van der Waals surface area contributed by atoms with Gasteiger partial charge in [-0.3, -0.25) is 9.78 Å². The maximum absolute atomic E-state index is 12.0. The Morgan fingerprint density at radius 3 is 2.16 bits per heavy atom. The summed E-state index contributed by atoms with van der Waals surface area (Å²) in [5, 5.41) is 0. The number of nitrogens with two attached hydrogens (primary N) is 1. The molecule has 0 fully saturated rings. The van der Waals surface area contributed by atoms with Crippen LogP contribution in [0, 0.1) is 5.82 Å². The average Bonchev–Trinajstić information content (AvgIpc) is 2.24. The minimum atomic E-state index is -1.00. The standard InChI is InChI=1S/C4H3FN2O2.C4H5N3O.2H2O/c5-2-1-6-4(9)7-3(2)8;5-3-1-2-6-4(8)7-3;;/h1H,(H2,6,7,8,9);1-2H,(H3,5,6,7,8);2*1H2. The van der Waals surface area contributed by atoms with E-state index in [4.69, 9.17) is 5.73 Å². The third kappa shape index (κ3) is 6.50.